The number of non-ortho nitro benzene ring substituents is 1. The van der Waals surface area contributed by atoms with Gasteiger partial charge in [-0.2, -0.15) is 0 Å². The SMILES string of the molecule is O=[N+]([O-])c1cccc2cc(-c3cccc4cccc(Cl)c34)ccc12. The standard InChI is InChI=1S/C20H12ClNO2/c21-18-8-2-5-13-4-1-7-17(20(13)18)15-10-11-16-14(12-15)6-3-9-19(16)22(23)24/h1-12H. The van der Waals surface area contributed by atoms with Crippen LogP contribution in [0.5, 0.6) is 0 Å². The summed E-state index contributed by atoms with van der Waals surface area (Å²) in [5.41, 5.74) is 2.13. The van der Waals surface area contributed by atoms with Crippen LogP contribution in [-0.2, 0) is 0 Å². The van der Waals surface area contributed by atoms with Gasteiger partial charge in [0.05, 0.1) is 10.3 Å². The van der Waals surface area contributed by atoms with E-state index in [1.807, 2.05) is 54.6 Å². The number of hydrogen-bond acceptors (Lipinski definition) is 2. The topological polar surface area (TPSA) is 43.1 Å². The van der Waals surface area contributed by atoms with Gasteiger partial charge in [-0.25, -0.2) is 0 Å². The molecule has 0 atom stereocenters. The summed E-state index contributed by atoms with van der Waals surface area (Å²) in [6.45, 7) is 0. The van der Waals surface area contributed by atoms with E-state index in [2.05, 4.69) is 0 Å². The Bertz CT molecular complexity index is 1100. The lowest BCUT2D eigenvalue weighted by Gasteiger charge is -2.10. The zero-order valence-electron chi connectivity index (χ0n) is 12.6. The molecule has 4 aromatic rings. The van der Waals surface area contributed by atoms with E-state index in [4.69, 9.17) is 11.6 Å². The van der Waals surface area contributed by atoms with Gasteiger partial charge in [0.15, 0.2) is 0 Å². The Morgan fingerprint density at radius 2 is 1.54 bits per heavy atom. The van der Waals surface area contributed by atoms with Crippen LogP contribution in [0.25, 0.3) is 32.7 Å². The highest BCUT2D eigenvalue weighted by atomic mass is 35.5. The van der Waals surface area contributed by atoms with Gasteiger partial charge in [-0.05, 0) is 40.1 Å². The monoisotopic (exact) mass is 333 g/mol. The van der Waals surface area contributed by atoms with Crippen LogP contribution in [0.4, 0.5) is 5.69 Å². The summed E-state index contributed by atoms with van der Waals surface area (Å²) in [7, 11) is 0. The highest BCUT2D eigenvalue weighted by Crippen LogP contribution is 2.36. The van der Waals surface area contributed by atoms with Crippen LogP contribution in [0.1, 0.15) is 0 Å². The Morgan fingerprint density at radius 3 is 2.33 bits per heavy atom. The molecule has 0 amide bonds. The van der Waals surface area contributed by atoms with E-state index in [1.54, 1.807) is 12.1 Å². The summed E-state index contributed by atoms with van der Waals surface area (Å²) in [4.78, 5) is 10.8. The van der Waals surface area contributed by atoms with Crippen LogP contribution in [0.3, 0.4) is 0 Å². The third-order valence-corrected chi connectivity index (χ3v) is 4.53. The van der Waals surface area contributed by atoms with Crippen LogP contribution < -0.4 is 0 Å². The highest BCUT2D eigenvalue weighted by Gasteiger charge is 2.13. The lowest BCUT2D eigenvalue weighted by Crippen LogP contribution is -1.89. The quantitative estimate of drug-likeness (QED) is 0.323. The maximum Gasteiger partial charge on any atom is 0.277 e. The normalized spacial score (nSPS) is 11.0. The fourth-order valence-electron chi connectivity index (χ4n) is 3.13. The molecule has 0 aliphatic carbocycles. The van der Waals surface area contributed by atoms with Crippen LogP contribution in [-0.4, -0.2) is 4.92 Å². The molecule has 0 radical (unpaired) electrons. The lowest BCUT2D eigenvalue weighted by molar-refractivity contribution is -0.383. The first-order chi connectivity index (χ1) is 11.6. The van der Waals surface area contributed by atoms with Crippen molar-refractivity contribution in [2.75, 3.05) is 0 Å². The van der Waals surface area contributed by atoms with Gasteiger partial charge in [0.25, 0.3) is 5.69 Å². The van der Waals surface area contributed by atoms with Gasteiger partial charge in [-0.15, -0.1) is 0 Å². The van der Waals surface area contributed by atoms with Crippen molar-refractivity contribution in [3.63, 3.8) is 0 Å². The smallest absolute Gasteiger partial charge is 0.258 e. The molecular formula is C20H12ClNO2. The fourth-order valence-corrected chi connectivity index (χ4v) is 3.41. The zero-order valence-corrected chi connectivity index (χ0v) is 13.3. The summed E-state index contributed by atoms with van der Waals surface area (Å²) < 4.78 is 0. The Hall–Kier alpha value is -2.91. The van der Waals surface area contributed by atoms with E-state index in [-0.39, 0.29) is 10.6 Å². The number of benzene rings is 4. The van der Waals surface area contributed by atoms with Crippen LogP contribution in [0, 0.1) is 10.1 Å². The van der Waals surface area contributed by atoms with Crippen molar-refractivity contribution in [1.29, 1.82) is 0 Å². The van der Waals surface area contributed by atoms with E-state index in [0.717, 1.165) is 27.3 Å². The molecule has 0 heterocycles. The molecule has 0 spiro atoms. The number of rotatable bonds is 2. The molecule has 4 aromatic carbocycles. The minimum Gasteiger partial charge on any atom is -0.258 e. The van der Waals surface area contributed by atoms with Crippen molar-refractivity contribution in [1.82, 2.24) is 0 Å². The van der Waals surface area contributed by atoms with Gasteiger partial charge < -0.3 is 0 Å². The molecule has 4 heteroatoms. The predicted molar refractivity (Wildman–Crippen MR) is 98.6 cm³/mol. The molecule has 0 aromatic heterocycles. The molecule has 0 unspecified atom stereocenters. The molecule has 0 aliphatic heterocycles. The van der Waals surface area contributed by atoms with Gasteiger partial charge in [-0.1, -0.05) is 60.1 Å². The lowest BCUT2D eigenvalue weighted by atomic mass is 9.96. The average molecular weight is 334 g/mol. The molecule has 116 valence electrons. The fraction of sp³-hybridized carbons (Fsp3) is 0. The molecule has 0 saturated carbocycles. The van der Waals surface area contributed by atoms with Gasteiger partial charge in [0.1, 0.15) is 0 Å². The van der Waals surface area contributed by atoms with Crippen LogP contribution in [0.15, 0.2) is 72.8 Å². The molecule has 0 saturated heterocycles. The van der Waals surface area contributed by atoms with Crippen molar-refractivity contribution in [3.05, 3.63) is 87.9 Å². The number of halogens is 1. The molecule has 4 rings (SSSR count). The minimum absolute atomic E-state index is 0.120. The number of hydrogen-bond donors (Lipinski definition) is 0. The number of nitro benzene ring substituents is 1. The van der Waals surface area contributed by atoms with Gasteiger partial charge in [-0.3, -0.25) is 10.1 Å². The maximum atomic E-state index is 11.2. The number of nitrogens with zero attached hydrogens (tertiary/aromatic N) is 1. The summed E-state index contributed by atoms with van der Waals surface area (Å²) in [6.07, 6.45) is 0. The average Bonchev–Trinajstić information content (AvgIpc) is 2.60. The van der Waals surface area contributed by atoms with Gasteiger partial charge in [0.2, 0.25) is 0 Å². The second-order valence-electron chi connectivity index (χ2n) is 5.61. The Labute approximate surface area is 143 Å². The van der Waals surface area contributed by atoms with E-state index >= 15 is 0 Å². The van der Waals surface area contributed by atoms with Crippen LogP contribution in [0.2, 0.25) is 5.02 Å². The van der Waals surface area contributed by atoms with E-state index in [1.165, 1.54) is 6.07 Å². The third-order valence-electron chi connectivity index (χ3n) is 4.22. The number of nitro groups is 1. The van der Waals surface area contributed by atoms with Crippen molar-refractivity contribution < 1.29 is 4.92 Å². The molecule has 0 fully saturated rings. The van der Waals surface area contributed by atoms with Crippen LogP contribution >= 0.6 is 11.6 Å². The van der Waals surface area contributed by atoms with E-state index in [0.29, 0.717) is 10.4 Å². The Balaban J connectivity index is 2.00. The van der Waals surface area contributed by atoms with Gasteiger partial charge >= 0.3 is 0 Å². The van der Waals surface area contributed by atoms with Crippen molar-refractivity contribution >= 4 is 38.8 Å². The maximum absolute atomic E-state index is 11.2. The second-order valence-corrected chi connectivity index (χ2v) is 6.02. The van der Waals surface area contributed by atoms with Crippen molar-refractivity contribution in [2.24, 2.45) is 0 Å². The summed E-state index contributed by atoms with van der Waals surface area (Å²) in [6, 6.07) is 22.7. The predicted octanol–water partition coefficient (Wildman–Crippen LogP) is 6.22. The summed E-state index contributed by atoms with van der Waals surface area (Å²) in [5.74, 6) is 0. The zero-order chi connectivity index (χ0) is 16.7. The first kappa shape index (κ1) is 14.7. The molecule has 24 heavy (non-hydrogen) atoms. The first-order valence-corrected chi connectivity index (χ1v) is 7.88. The summed E-state index contributed by atoms with van der Waals surface area (Å²) in [5, 5.41) is 15.4. The third kappa shape index (κ3) is 2.30. The molecule has 3 nitrogen and oxygen atoms in total. The first-order valence-electron chi connectivity index (χ1n) is 7.50. The molecule has 0 N–H and O–H groups in total. The molecule has 0 bridgehead atoms. The molecule has 0 aliphatic rings. The number of fused-ring (bicyclic) bond motifs is 2. The minimum atomic E-state index is -0.350. The van der Waals surface area contributed by atoms with Crippen molar-refractivity contribution in [3.8, 4) is 11.1 Å². The second kappa shape index (κ2) is 5.62. The Kier molecular flexibility index (Phi) is 3.44. The van der Waals surface area contributed by atoms with Gasteiger partial charge in [0, 0.05) is 16.5 Å². The van der Waals surface area contributed by atoms with Crippen molar-refractivity contribution in [2.45, 2.75) is 0 Å². The largest absolute Gasteiger partial charge is 0.277 e. The van der Waals surface area contributed by atoms with E-state index < -0.39 is 0 Å². The molecular weight excluding hydrogens is 322 g/mol. The highest BCUT2D eigenvalue weighted by molar-refractivity contribution is 6.36. The summed E-state index contributed by atoms with van der Waals surface area (Å²) >= 11 is 6.41. The van der Waals surface area contributed by atoms with E-state index in [9.17, 15) is 10.1 Å². The Morgan fingerprint density at radius 1 is 0.833 bits per heavy atom.